The van der Waals surface area contributed by atoms with Gasteiger partial charge in [-0.2, -0.15) is 0 Å². The molecule has 2 amide bonds. The maximum Gasteiger partial charge on any atom is 0.269 e. The number of thiophene rings is 1. The van der Waals surface area contributed by atoms with Crippen LogP contribution in [0.25, 0.3) is 10.1 Å². The summed E-state index contributed by atoms with van der Waals surface area (Å²) in [7, 11) is 0. The van der Waals surface area contributed by atoms with E-state index in [9.17, 15) is 9.59 Å². The number of hydrogen-bond acceptors (Lipinski definition) is 6. The van der Waals surface area contributed by atoms with Crippen molar-refractivity contribution >= 4 is 78.6 Å². The van der Waals surface area contributed by atoms with Crippen molar-refractivity contribution < 1.29 is 9.59 Å². The van der Waals surface area contributed by atoms with E-state index in [-0.39, 0.29) is 17.7 Å². The molecule has 1 saturated heterocycles. The fraction of sp³-hybridized carbons (Fsp3) is 0.182. The van der Waals surface area contributed by atoms with Gasteiger partial charge in [0.1, 0.15) is 9.88 Å². The van der Waals surface area contributed by atoms with Gasteiger partial charge in [-0.1, -0.05) is 58.8 Å². The zero-order valence-corrected chi connectivity index (χ0v) is 19.9. The normalized spacial score (nSPS) is 16.2. The van der Waals surface area contributed by atoms with Gasteiger partial charge in [-0.05, 0) is 30.7 Å². The van der Waals surface area contributed by atoms with Crippen LogP contribution in [0.4, 0.5) is 10.8 Å². The quantitative estimate of drug-likeness (QED) is 0.363. The molecular weight excluding hydrogens is 487 g/mol. The van der Waals surface area contributed by atoms with E-state index in [0.717, 1.165) is 21.3 Å². The molecule has 0 unspecified atom stereocenters. The van der Waals surface area contributed by atoms with E-state index in [1.807, 2.05) is 43.3 Å². The number of rotatable bonds is 4. The molecule has 0 bridgehead atoms. The number of nitrogens with zero attached hydrogens (tertiary/aromatic N) is 3. The van der Waals surface area contributed by atoms with Crippen molar-refractivity contribution in [3.05, 3.63) is 68.0 Å². The molecule has 6 nitrogen and oxygen atoms in total. The highest BCUT2D eigenvalue weighted by molar-refractivity contribution is 7.22. The summed E-state index contributed by atoms with van der Waals surface area (Å²) in [6, 6.07) is 13.2. The zero-order valence-electron chi connectivity index (χ0n) is 16.8. The summed E-state index contributed by atoms with van der Waals surface area (Å²) in [4.78, 5) is 27.5. The number of carbonyl (C=O) groups is 2. The molecule has 1 atom stereocenters. The van der Waals surface area contributed by atoms with Crippen LogP contribution >= 0.6 is 45.9 Å². The van der Waals surface area contributed by atoms with Gasteiger partial charge in [-0.25, -0.2) is 0 Å². The third-order valence-electron chi connectivity index (χ3n) is 5.34. The average molecular weight is 503 g/mol. The highest BCUT2D eigenvalue weighted by Gasteiger charge is 2.34. The standard InChI is InChI=1S/C22H16Cl2N4O2S2/c1-11-6-7-13(9-15(11)23)28-10-12(8-17(28)29)21-26-27-22(32-21)25-20(30)19-18(24)14-4-2-3-5-16(14)31-19/h2-7,9,12H,8,10H2,1H3,(H,25,27,30)/t12-/m1/s1. The van der Waals surface area contributed by atoms with E-state index in [2.05, 4.69) is 15.5 Å². The third kappa shape index (κ3) is 3.88. The topological polar surface area (TPSA) is 75.2 Å². The van der Waals surface area contributed by atoms with Crippen molar-refractivity contribution in [3.8, 4) is 0 Å². The van der Waals surface area contributed by atoms with E-state index >= 15 is 0 Å². The minimum Gasteiger partial charge on any atom is -0.312 e. The van der Waals surface area contributed by atoms with Gasteiger partial charge in [0.05, 0.1) is 5.02 Å². The van der Waals surface area contributed by atoms with Crippen LogP contribution in [0.15, 0.2) is 42.5 Å². The Hall–Kier alpha value is -2.52. The summed E-state index contributed by atoms with van der Waals surface area (Å²) in [5.74, 6) is -0.413. The Bertz CT molecular complexity index is 1370. The maximum atomic E-state index is 12.8. The van der Waals surface area contributed by atoms with Crippen LogP contribution in [0.2, 0.25) is 10.0 Å². The summed E-state index contributed by atoms with van der Waals surface area (Å²) >= 11 is 15.2. The minimum absolute atomic E-state index is 0.00719. The second kappa shape index (κ2) is 8.44. The first kappa shape index (κ1) is 21.3. The van der Waals surface area contributed by atoms with Crippen molar-refractivity contribution in [1.29, 1.82) is 0 Å². The van der Waals surface area contributed by atoms with Gasteiger partial charge in [-0.3, -0.25) is 14.9 Å². The fourth-order valence-electron chi connectivity index (χ4n) is 3.64. The highest BCUT2D eigenvalue weighted by Crippen LogP contribution is 2.37. The maximum absolute atomic E-state index is 12.8. The first-order valence-corrected chi connectivity index (χ1v) is 12.2. The number of nitrogens with one attached hydrogen (secondary N) is 1. The number of fused-ring (bicyclic) bond motifs is 1. The zero-order chi connectivity index (χ0) is 22.4. The van der Waals surface area contributed by atoms with Gasteiger partial charge in [0.15, 0.2) is 0 Å². The van der Waals surface area contributed by atoms with Crippen LogP contribution in [0.5, 0.6) is 0 Å². The number of amides is 2. The molecule has 0 spiro atoms. The molecule has 2 aromatic carbocycles. The molecule has 1 fully saturated rings. The van der Waals surface area contributed by atoms with Crippen molar-refractivity contribution in [2.45, 2.75) is 19.3 Å². The van der Waals surface area contributed by atoms with E-state index in [1.165, 1.54) is 22.7 Å². The van der Waals surface area contributed by atoms with Gasteiger partial charge in [0, 0.05) is 39.7 Å². The van der Waals surface area contributed by atoms with Crippen LogP contribution < -0.4 is 10.2 Å². The fourth-order valence-corrected chi connectivity index (χ4v) is 6.05. The Balaban J connectivity index is 1.31. The number of halogens is 2. The van der Waals surface area contributed by atoms with Crippen molar-refractivity contribution in [3.63, 3.8) is 0 Å². The predicted octanol–water partition coefficient (Wildman–Crippen LogP) is 6.14. The van der Waals surface area contributed by atoms with Crippen molar-refractivity contribution in [2.24, 2.45) is 0 Å². The molecule has 1 aliphatic heterocycles. The van der Waals surface area contributed by atoms with Gasteiger partial charge < -0.3 is 4.90 Å². The lowest BCUT2D eigenvalue weighted by Crippen LogP contribution is -2.24. The second-order valence-corrected chi connectivity index (χ2v) is 10.3. The summed E-state index contributed by atoms with van der Waals surface area (Å²) in [5.41, 5.74) is 1.73. The van der Waals surface area contributed by atoms with Gasteiger partial charge in [0.2, 0.25) is 11.0 Å². The lowest BCUT2D eigenvalue weighted by Gasteiger charge is -2.17. The first-order chi connectivity index (χ1) is 15.4. The third-order valence-corrected chi connectivity index (χ3v) is 8.43. The molecule has 4 aromatic rings. The van der Waals surface area contributed by atoms with E-state index in [4.69, 9.17) is 23.2 Å². The van der Waals surface area contributed by atoms with E-state index < -0.39 is 0 Å². The van der Waals surface area contributed by atoms with Crippen LogP contribution in [-0.2, 0) is 4.79 Å². The van der Waals surface area contributed by atoms with Gasteiger partial charge >= 0.3 is 0 Å². The number of benzene rings is 2. The molecule has 1 N–H and O–H groups in total. The molecule has 5 rings (SSSR count). The molecule has 32 heavy (non-hydrogen) atoms. The Morgan fingerprint density at radius 3 is 2.75 bits per heavy atom. The Kier molecular flexibility index (Phi) is 5.63. The molecule has 0 saturated carbocycles. The largest absolute Gasteiger partial charge is 0.312 e. The van der Waals surface area contributed by atoms with Gasteiger partial charge in [0.25, 0.3) is 5.91 Å². The van der Waals surface area contributed by atoms with Crippen molar-refractivity contribution in [2.75, 3.05) is 16.8 Å². The number of aromatic nitrogens is 2. The molecule has 10 heteroatoms. The van der Waals surface area contributed by atoms with E-state index in [0.29, 0.717) is 38.0 Å². The molecule has 0 radical (unpaired) electrons. The number of anilines is 2. The number of carbonyl (C=O) groups excluding carboxylic acids is 2. The van der Waals surface area contributed by atoms with Crippen molar-refractivity contribution in [1.82, 2.24) is 10.2 Å². The summed E-state index contributed by atoms with van der Waals surface area (Å²) in [5, 5.41) is 14.1. The first-order valence-electron chi connectivity index (χ1n) is 9.79. The lowest BCUT2D eigenvalue weighted by molar-refractivity contribution is -0.117. The van der Waals surface area contributed by atoms with Crippen LogP contribution in [0.1, 0.15) is 32.6 Å². The monoisotopic (exact) mass is 502 g/mol. The summed E-state index contributed by atoms with van der Waals surface area (Å²) in [6.07, 6.45) is 0.330. The van der Waals surface area contributed by atoms with Crippen LogP contribution in [0.3, 0.4) is 0 Å². The summed E-state index contributed by atoms with van der Waals surface area (Å²) in [6.45, 7) is 2.41. The molecule has 3 heterocycles. The van der Waals surface area contributed by atoms with E-state index in [1.54, 1.807) is 11.0 Å². The highest BCUT2D eigenvalue weighted by atomic mass is 35.5. The molecule has 162 valence electrons. The molecule has 2 aromatic heterocycles. The van der Waals surface area contributed by atoms with Gasteiger partial charge in [-0.15, -0.1) is 21.5 Å². The number of aryl methyl sites for hydroxylation is 1. The molecule has 0 aliphatic carbocycles. The second-order valence-electron chi connectivity index (χ2n) is 7.48. The smallest absolute Gasteiger partial charge is 0.269 e. The average Bonchev–Trinajstić information content (AvgIpc) is 3.48. The molecular formula is C22H16Cl2N4O2S2. The number of hydrogen-bond donors (Lipinski definition) is 1. The Morgan fingerprint density at radius 2 is 1.97 bits per heavy atom. The van der Waals surface area contributed by atoms with Crippen LogP contribution in [0, 0.1) is 6.92 Å². The minimum atomic E-state index is -0.322. The Morgan fingerprint density at radius 1 is 1.16 bits per heavy atom. The predicted molar refractivity (Wildman–Crippen MR) is 131 cm³/mol. The Labute approximate surface area is 201 Å². The molecule has 1 aliphatic rings. The lowest BCUT2D eigenvalue weighted by atomic mass is 10.1. The summed E-state index contributed by atoms with van der Waals surface area (Å²) < 4.78 is 0.946. The SMILES string of the molecule is Cc1ccc(N2C[C@H](c3nnc(NC(=O)c4sc5ccccc5c4Cl)s3)CC2=O)cc1Cl. The van der Waals surface area contributed by atoms with Crippen LogP contribution in [-0.4, -0.2) is 28.6 Å².